The zero-order chi connectivity index (χ0) is 22.5. The Labute approximate surface area is 186 Å². The van der Waals surface area contributed by atoms with E-state index in [0.29, 0.717) is 24.5 Å². The summed E-state index contributed by atoms with van der Waals surface area (Å²) in [7, 11) is 0. The molecule has 0 spiro atoms. The van der Waals surface area contributed by atoms with Crippen molar-refractivity contribution in [3.05, 3.63) is 101 Å². The lowest BCUT2D eigenvalue weighted by molar-refractivity contribution is 0.0976. The molecule has 162 valence electrons. The Morgan fingerprint density at radius 1 is 1.03 bits per heavy atom. The van der Waals surface area contributed by atoms with Gasteiger partial charge in [-0.05, 0) is 61.7 Å². The number of para-hydroxylation sites is 1. The highest BCUT2D eigenvalue weighted by Crippen LogP contribution is 2.18. The maximum Gasteiger partial charge on any atom is 0.258 e. The van der Waals surface area contributed by atoms with Gasteiger partial charge in [0.05, 0.1) is 0 Å². The number of nitrogens with zero attached hydrogens (tertiary/aromatic N) is 1. The average molecular weight is 429 g/mol. The summed E-state index contributed by atoms with van der Waals surface area (Å²) in [5, 5.41) is 7.11. The first-order valence-corrected chi connectivity index (χ1v) is 10.5. The summed E-state index contributed by atoms with van der Waals surface area (Å²) in [4.78, 5) is 20.6. The van der Waals surface area contributed by atoms with Gasteiger partial charge in [-0.25, -0.2) is 4.39 Å². The number of aromatic nitrogens is 1. The number of aliphatic imine (C=N–C) groups is 1. The van der Waals surface area contributed by atoms with Crippen molar-refractivity contribution in [1.29, 1.82) is 0 Å². The third kappa shape index (κ3) is 5.03. The summed E-state index contributed by atoms with van der Waals surface area (Å²) in [6, 6.07) is 20.3. The number of rotatable bonds is 5. The van der Waals surface area contributed by atoms with Crippen molar-refractivity contribution in [2.24, 2.45) is 4.99 Å². The maximum atomic E-state index is 13.9. The Morgan fingerprint density at radius 3 is 2.59 bits per heavy atom. The minimum absolute atomic E-state index is 0.239. The van der Waals surface area contributed by atoms with Crippen LogP contribution in [0.3, 0.4) is 0 Å². The van der Waals surface area contributed by atoms with Crippen LogP contribution in [0.1, 0.15) is 27.0 Å². The van der Waals surface area contributed by atoms with Gasteiger partial charge < -0.3 is 10.3 Å². The van der Waals surface area contributed by atoms with E-state index in [4.69, 9.17) is 0 Å². The molecule has 0 saturated carbocycles. The number of carbonyl (C=O) groups excluding carboxylic acids is 1. The summed E-state index contributed by atoms with van der Waals surface area (Å²) in [5.74, 6) is -0.518. The molecule has 4 rings (SSSR count). The zero-order valence-electron chi connectivity index (χ0n) is 18.1. The number of fused-ring (bicyclic) bond motifs is 1. The van der Waals surface area contributed by atoms with Gasteiger partial charge in [0.2, 0.25) is 5.96 Å². The third-order valence-electron chi connectivity index (χ3n) is 5.31. The lowest BCUT2D eigenvalue weighted by atomic mass is 10.1. The van der Waals surface area contributed by atoms with Gasteiger partial charge in [-0.3, -0.25) is 15.1 Å². The Balaban J connectivity index is 1.52. The molecule has 0 aliphatic carbocycles. The van der Waals surface area contributed by atoms with Crippen LogP contribution in [0, 0.1) is 19.7 Å². The van der Waals surface area contributed by atoms with E-state index in [1.54, 1.807) is 19.1 Å². The van der Waals surface area contributed by atoms with Crippen molar-refractivity contribution < 1.29 is 9.18 Å². The molecule has 0 aliphatic rings. The van der Waals surface area contributed by atoms with Crippen LogP contribution in [0.15, 0.2) is 77.9 Å². The minimum atomic E-state index is -0.422. The van der Waals surface area contributed by atoms with E-state index in [2.05, 4.69) is 26.7 Å². The molecule has 3 aromatic carbocycles. The summed E-state index contributed by atoms with van der Waals surface area (Å²) < 4.78 is 13.9. The second-order valence-electron chi connectivity index (χ2n) is 7.75. The Morgan fingerprint density at radius 2 is 1.81 bits per heavy atom. The number of aryl methyl sites for hydroxylation is 2. The normalized spacial score (nSPS) is 11.5. The number of hydrogen-bond acceptors (Lipinski definition) is 2. The van der Waals surface area contributed by atoms with Gasteiger partial charge in [-0.2, -0.15) is 0 Å². The van der Waals surface area contributed by atoms with Gasteiger partial charge in [0, 0.05) is 34.9 Å². The van der Waals surface area contributed by atoms with Crippen molar-refractivity contribution >= 4 is 28.5 Å². The molecule has 1 heterocycles. The van der Waals surface area contributed by atoms with Crippen molar-refractivity contribution in [3.8, 4) is 0 Å². The molecule has 0 bridgehead atoms. The highest BCUT2D eigenvalue weighted by molar-refractivity contribution is 6.10. The number of benzene rings is 3. The number of amides is 1. The quantitative estimate of drug-likeness (QED) is 0.296. The van der Waals surface area contributed by atoms with E-state index >= 15 is 0 Å². The van der Waals surface area contributed by atoms with E-state index in [1.807, 2.05) is 55.6 Å². The second kappa shape index (κ2) is 9.47. The van der Waals surface area contributed by atoms with Gasteiger partial charge in [0.1, 0.15) is 5.82 Å². The third-order valence-corrected chi connectivity index (χ3v) is 5.31. The van der Waals surface area contributed by atoms with Gasteiger partial charge in [0.15, 0.2) is 0 Å². The molecule has 1 amide bonds. The number of nitrogens with one attached hydrogen (secondary N) is 3. The van der Waals surface area contributed by atoms with Crippen LogP contribution in [-0.2, 0) is 6.42 Å². The minimum Gasteiger partial charge on any atom is -0.361 e. The number of H-pyrrole nitrogens is 1. The summed E-state index contributed by atoms with van der Waals surface area (Å²) >= 11 is 0. The molecule has 6 heteroatoms. The van der Waals surface area contributed by atoms with Crippen LogP contribution in [0.5, 0.6) is 0 Å². The molecule has 0 atom stereocenters. The predicted octanol–water partition coefficient (Wildman–Crippen LogP) is 5.36. The second-order valence-corrected chi connectivity index (χ2v) is 7.75. The lowest BCUT2D eigenvalue weighted by Gasteiger charge is -2.12. The van der Waals surface area contributed by atoms with Crippen LogP contribution in [0.4, 0.5) is 10.1 Å². The topological polar surface area (TPSA) is 69.3 Å². The standard InChI is InChI=1S/C26H25FN4O/c1-17-7-11-21(12-8-17)30-26(31-25(32)19-10-9-18(2)23(27)15-19)28-14-13-20-16-29-24-6-4-3-5-22(20)24/h3-12,15-16,29H,13-14H2,1-2H3,(H2,28,30,31,32). The predicted molar refractivity (Wildman–Crippen MR) is 128 cm³/mol. The largest absolute Gasteiger partial charge is 0.361 e. The van der Waals surface area contributed by atoms with Crippen LogP contribution in [0.25, 0.3) is 10.9 Å². The Hall–Kier alpha value is -3.93. The van der Waals surface area contributed by atoms with E-state index < -0.39 is 11.7 Å². The van der Waals surface area contributed by atoms with Crippen LogP contribution < -0.4 is 10.6 Å². The summed E-state index contributed by atoms with van der Waals surface area (Å²) in [6.45, 7) is 4.14. The summed E-state index contributed by atoms with van der Waals surface area (Å²) in [6.07, 6.45) is 2.69. The fourth-order valence-corrected chi connectivity index (χ4v) is 3.42. The molecule has 32 heavy (non-hydrogen) atoms. The molecule has 0 fully saturated rings. The van der Waals surface area contributed by atoms with Crippen molar-refractivity contribution in [1.82, 2.24) is 10.3 Å². The molecule has 4 aromatic rings. The molecule has 3 N–H and O–H groups in total. The van der Waals surface area contributed by atoms with E-state index in [9.17, 15) is 9.18 Å². The molecule has 0 unspecified atom stereocenters. The number of halogens is 1. The molecule has 5 nitrogen and oxygen atoms in total. The zero-order valence-corrected chi connectivity index (χ0v) is 18.1. The number of carbonyl (C=O) groups is 1. The average Bonchev–Trinajstić information content (AvgIpc) is 3.20. The first-order chi connectivity index (χ1) is 15.5. The monoisotopic (exact) mass is 428 g/mol. The van der Waals surface area contributed by atoms with Crippen molar-refractivity contribution in [3.63, 3.8) is 0 Å². The number of aromatic amines is 1. The van der Waals surface area contributed by atoms with Crippen molar-refractivity contribution in [2.45, 2.75) is 20.3 Å². The van der Waals surface area contributed by atoms with Crippen molar-refractivity contribution in [2.75, 3.05) is 11.9 Å². The molecule has 0 saturated heterocycles. The Bertz CT molecular complexity index is 1270. The molecule has 0 aliphatic heterocycles. The van der Waals surface area contributed by atoms with Gasteiger partial charge in [-0.1, -0.05) is 42.0 Å². The fourth-order valence-electron chi connectivity index (χ4n) is 3.42. The van der Waals surface area contributed by atoms with E-state index in [1.165, 1.54) is 6.07 Å². The first kappa shape index (κ1) is 21.3. The van der Waals surface area contributed by atoms with Crippen LogP contribution in [0.2, 0.25) is 0 Å². The van der Waals surface area contributed by atoms with E-state index in [-0.39, 0.29) is 5.56 Å². The number of anilines is 1. The Kier molecular flexibility index (Phi) is 6.31. The number of hydrogen-bond donors (Lipinski definition) is 3. The summed E-state index contributed by atoms with van der Waals surface area (Å²) in [5.41, 5.74) is 4.91. The molecular weight excluding hydrogens is 403 g/mol. The van der Waals surface area contributed by atoms with Crippen LogP contribution >= 0.6 is 0 Å². The first-order valence-electron chi connectivity index (χ1n) is 10.5. The van der Waals surface area contributed by atoms with E-state index in [0.717, 1.165) is 27.7 Å². The molecule has 0 radical (unpaired) electrons. The maximum absolute atomic E-state index is 13.9. The highest BCUT2D eigenvalue weighted by atomic mass is 19.1. The van der Waals surface area contributed by atoms with Crippen LogP contribution in [-0.4, -0.2) is 23.4 Å². The fraction of sp³-hybridized carbons (Fsp3) is 0.154. The molecule has 1 aromatic heterocycles. The lowest BCUT2D eigenvalue weighted by Crippen LogP contribution is -2.36. The highest BCUT2D eigenvalue weighted by Gasteiger charge is 2.12. The van der Waals surface area contributed by atoms with Gasteiger partial charge >= 0.3 is 0 Å². The number of guanidine groups is 1. The van der Waals surface area contributed by atoms with Gasteiger partial charge in [-0.15, -0.1) is 0 Å². The molecular formula is C26H25FN4O. The smallest absolute Gasteiger partial charge is 0.258 e. The van der Waals surface area contributed by atoms with Gasteiger partial charge in [0.25, 0.3) is 5.91 Å². The SMILES string of the molecule is Cc1ccc(NC(=NCCc2c[nH]c3ccccc23)NC(=O)c2ccc(C)c(F)c2)cc1.